The van der Waals surface area contributed by atoms with Gasteiger partial charge in [-0.15, -0.1) is 0 Å². The topological polar surface area (TPSA) is 47.3 Å². The van der Waals surface area contributed by atoms with E-state index in [0.717, 1.165) is 38.4 Å². The van der Waals surface area contributed by atoms with Crippen molar-refractivity contribution in [2.75, 3.05) is 0 Å². The Morgan fingerprint density at radius 1 is 0.512 bits per heavy atom. The first-order chi connectivity index (χ1) is 20.2. The highest BCUT2D eigenvalue weighted by molar-refractivity contribution is 6.49. The summed E-state index contributed by atoms with van der Waals surface area (Å²) in [5.41, 5.74) is 5.31. The number of hydrogen-bond donors (Lipinski definition) is 0. The van der Waals surface area contributed by atoms with Crippen molar-refractivity contribution < 1.29 is 0 Å². The molecule has 0 saturated carbocycles. The van der Waals surface area contributed by atoms with Gasteiger partial charge in [0.1, 0.15) is 5.52 Å². The van der Waals surface area contributed by atoms with Gasteiger partial charge in [-0.25, -0.2) is 14.4 Å². The van der Waals surface area contributed by atoms with Crippen molar-refractivity contribution in [2.45, 2.75) is 78.6 Å². The molecule has 43 heavy (non-hydrogen) atoms. The lowest BCUT2D eigenvalue weighted by atomic mass is 9.80. The normalized spacial score (nSPS) is 14.3. The van der Waals surface area contributed by atoms with Crippen molar-refractivity contribution in [2.24, 2.45) is 0 Å². The van der Waals surface area contributed by atoms with Crippen molar-refractivity contribution in [1.82, 2.24) is 14.4 Å². The Balaban J connectivity index is 1.66. The Morgan fingerprint density at radius 2 is 1.05 bits per heavy atom. The van der Waals surface area contributed by atoms with E-state index in [1.54, 1.807) is 4.40 Å². The van der Waals surface area contributed by atoms with Gasteiger partial charge in [-0.2, -0.15) is 0 Å². The molecule has 9 rings (SSSR count). The van der Waals surface area contributed by atoms with E-state index in [4.69, 9.17) is 9.97 Å². The predicted octanol–water partition coefficient (Wildman–Crippen LogP) is 9.81. The minimum atomic E-state index is -0.142. The summed E-state index contributed by atoms with van der Waals surface area (Å²) < 4.78 is 1.80. The molecular formula is C39H35N3O. The largest absolute Gasteiger partial charge is 0.268 e. The Hall–Kier alpha value is -4.31. The lowest BCUT2D eigenvalue weighted by molar-refractivity contribution is 0.571. The summed E-state index contributed by atoms with van der Waals surface area (Å²) in [5, 5.41) is 14.2. The van der Waals surface area contributed by atoms with Gasteiger partial charge in [-0.05, 0) is 100 Å². The van der Waals surface area contributed by atoms with Crippen LogP contribution in [0.1, 0.15) is 79.1 Å². The van der Waals surface area contributed by atoms with Crippen LogP contribution in [0.4, 0.5) is 0 Å². The first kappa shape index (κ1) is 25.2. The second kappa shape index (κ2) is 7.24. The van der Waals surface area contributed by atoms with Crippen LogP contribution in [0.2, 0.25) is 0 Å². The van der Waals surface area contributed by atoms with Gasteiger partial charge < -0.3 is 0 Å². The smallest absolute Gasteiger partial charge is 0.266 e. The van der Waals surface area contributed by atoms with E-state index < -0.39 is 0 Å². The summed E-state index contributed by atoms with van der Waals surface area (Å²) in [6.45, 7) is 20.2. The monoisotopic (exact) mass is 561 g/mol. The van der Waals surface area contributed by atoms with Crippen molar-refractivity contribution in [3.8, 4) is 0 Å². The second-order valence-corrected chi connectivity index (χ2v) is 15.9. The van der Waals surface area contributed by atoms with Gasteiger partial charge in [0.25, 0.3) is 5.56 Å². The molecule has 0 aliphatic rings. The van der Waals surface area contributed by atoms with Crippen LogP contribution in [0.5, 0.6) is 0 Å². The number of imidazole rings is 1. The van der Waals surface area contributed by atoms with E-state index in [-0.39, 0.29) is 21.8 Å². The number of aromatic nitrogens is 3. The minimum Gasteiger partial charge on any atom is -0.268 e. The number of hydrogen-bond acceptors (Lipinski definition) is 3. The Kier molecular flexibility index (Phi) is 4.25. The fourth-order valence-corrected chi connectivity index (χ4v) is 7.97. The summed E-state index contributed by atoms with van der Waals surface area (Å²) in [7, 11) is 0. The SMILES string of the molecule is CC(C)(C)c1ccc2nc3c4c5cc(C(C)(C)C)c6ccc7ccc8c(C(C)(C)C)cc(c4c(=O)n3c2n1)c1c8c7c6c51. The van der Waals surface area contributed by atoms with Crippen LogP contribution in [0.15, 0.2) is 53.3 Å². The van der Waals surface area contributed by atoms with Crippen LogP contribution < -0.4 is 5.56 Å². The molecule has 0 spiro atoms. The average molecular weight is 562 g/mol. The van der Waals surface area contributed by atoms with Crippen LogP contribution in [-0.4, -0.2) is 14.4 Å². The molecule has 3 heterocycles. The van der Waals surface area contributed by atoms with Gasteiger partial charge >= 0.3 is 0 Å². The van der Waals surface area contributed by atoms with E-state index in [0.29, 0.717) is 5.65 Å². The summed E-state index contributed by atoms with van der Waals surface area (Å²) in [5.74, 6) is 0. The minimum absolute atomic E-state index is 0.0206. The molecule has 6 aromatic carbocycles. The van der Waals surface area contributed by atoms with Gasteiger partial charge in [0, 0.05) is 16.5 Å². The number of fused-ring (bicyclic) bond motifs is 7. The van der Waals surface area contributed by atoms with Gasteiger partial charge in [-0.3, -0.25) is 4.79 Å². The van der Waals surface area contributed by atoms with Gasteiger partial charge in [0.05, 0.1) is 5.39 Å². The van der Waals surface area contributed by atoms with Crippen molar-refractivity contribution >= 4 is 81.4 Å². The molecule has 4 heteroatoms. The van der Waals surface area contributed by atoms with Gasteiger partial charge in [-0.1, -0.05) is 86.6 Å². The Bertz CT molecular complexity index is 2670. The quantitative estimate of drug-likeness (QED) is 0.173. The first-order valence-electron chi connectivity index (χ1n) is 15.4. The molecule has 212 valence electrons. The van der Waals surface area contributed by atoms with E-state index >= 15 is 0 Å². The van der Waals surface area contributed by atoms with E-state index in [1.807, 2.05) is 12.1 Å². The predicted molar refractivity (Wildman–Crippen MR) is 183 cm³/mol. The molecule has 0 unspecified atom stereocenters. The highest BCUT2D eigenvalue weighted by Gasteiger charge is 2.32. The molecule has 0 bridgehead atoms. The van der Waals surface area contributed by atoms with Crippen molar-refractivity contribution in [1.29, 1.82) is 0 Å². The van der Waals surface area contributed by atoms with Crippen LogP contribution in [-0.2, 0) is 16.2 Å². The third-order valence-corrected chi connectivity index (χ3v) is 9.95. The second-order valence-electron chi connectivity index (χ2n) is 15.9. The Morgan fingerprint density at radius 3 is 1.58 bits per heavy atom. The van der Waals surface area contributed by atoms with E-state index in [1.165, 1.54) is 54.2 Å². The van der Waals surface area contributed by atoms with Crippen molar-refractivity contribution in [3.63, 3.8) is 0 Å². The molecule has 0 aliphatic carbocycles. The molecule has 9 aromatic rings. The highest BCUT2D eigenvalue weighted by atomic mass is 16.1. The fraction of sp³-hybridized carbons (Fsp3) is 0.308. The number of benzene rings is 5. The van der Waals surface area contributed by atoms with Gasteiger partial charge in [0.2, 0.25) is 0 Å². The maximum atomic E-state index is 14.8. The maximum Gasteiger partial charge on any atom is 0.266 e. The molecule has 4 nitrogen and oxygen atoms in total. The molecule has 0 fully saturated rings. The first-order valence-corrected chi connectivity index (χ1v) is 15.4. The summed E-state index contributed by atoms with van der Waals surface area (Å²) >= 11 is 0. The molecule has 0 amide bonds. The van der Waals surface area contributed by atoms with Crippen LogP contribution in [0.3, 0.4) is 0 Å². The zero-order valence-electron chi connectivity index (χ0n) is 26.4. The molecule has 3 aromatic heterocycles. The fourth-order valence-electron chi connectivity index (χ4n) is 7.97. The summed E-state index contributed by atoms with van der Waals surface area (Å²) in [6.07, 6.45) is 0. The third-order valence-electron chi connectivity index (χ3n) is 9.95. The standard InChI is InChI=1S/C39H35N3O/c1-37(2,3)23-16-21-30-28-19(23)12-10-18-11-13-20-24(38(4,5)6)17-22(31(30)29(20)27(18)28)33-32(21)35-40-25-14-15-26(39(7,8)9)41-34(25)42(35)36(33)43/h10-17H,1-9H3. The van der Waals surface area contributed by atoms with E-state index in [9.17, 15) is 4.79 Å². The summed E-state index contributed by atoms with van der Waals surface area (Å²) in [6, 6.07) is 18.0. The third kappa shape index (κ3) is 2.90. The zero-order chi connectivity index (χ0) is 30.1. The van der Waals surface area contributed by atoms with E-state index in [2.05, 4.69) is 98.7 Å². The number of nitrogens with zero attached hydrogens (tertiary/aromatic N) is 3. The molecule has 0 saturated heterocycles. The zero-order valence-corrected chi connectivity index (χ0v) is 26.4. The lowest BCUT2D eigenvalue weighted by Crippen LogP contribution is -2.14. The average Bonchev–Trinajstić information content (AvgIpc) is 3.57. The van der Waals surface area contributed by atoms with Crippen molar-refractivity contribution in [3.05, 3.63) is 75.7 Å². The van der Waals surface area contributed by atoms with Gasteiger partial charge in [0.15, 0.2) is 11.3 Å². The lowest BCUT2D eigenvalue weighted by Gasteiger charge is -2.23. The summed E-state index contributed by atoms with van der Waals surface area (Å²) in [4.78, 5) is 25.0. The molecular weight excluding hydrogens is 526 g/mol. The molecule has 0 N–H and O–H groups in total. The molecule has 0 aliphatic heterocycles. The highest BCUT2D eigenvalue weighted by Crippen LogP contribution is 2.54. The van der Waals surface area contributed by atoms with Crippen LogP contribution in [0.25, 0.3) is 81.4 Å². The van der Waals surface area contributed by atoms with Crippen LogP contribution >= 0.6 is 0 Å². The number of pyridine rings is 1. The number of rotatable bonds is 0. The maximum absolute atomic E-state index is 14.8. The Labute approximate surface area is 249 Å². The molecule has 0 radical (unpaired) electrons. The van der Waals surface area contributed by atoms with Crippen LogP contribution in [0, 0.1) is 0 Å². The molecule has 0 atom stereocenters.